The minimum atomic E-state index is -3.77. The number of imidazole rings is 2. The van der Waals surface area contributed by atoms with Crippen molar-refractivity contribution in [3.05, 3.63) is 89.2 Å². The molecule has 36 heavy (non-hydrogen) atoms. The van der Waals surface area contributed by atoms with Crippen molar-refractivity contribution >= 4 is 32.7 Å². The molecule has 0 aliphatic rings. The third-order valence-corrected chi connectivity index (χ3v) is 8.00. The molecule has 2 heterocycles. The van der Waals surface area contributed by atoms with Crippen molar-refractivity contribution < 1.29 is 13.3 Å². The number of nitrogens with zero attached hydrogens (tertiary/aromatic N) is 5. The van der Waals surface area contributed by atoms with Crippen LogP contribution in [0.2, 0.25) is 0 Å². The summed E-state index contributed by atoms with van der Waals surface area (Å²) in [6.07, 6.45) is 1.64. The number of non-ortho nitro benzene ring substituents is 1. The third kappa shape index (κ3) is 3.79. The maximum atomic E-state index is 13.1. The van der Waals surface area contributed by atoms with Gasteiger partial charge in [-0.15, -0.1) is 0 Å². The lowest BCUT2D eigenvalue weighted by molar-refractivity contribution is -0.384. The van der Waals surface area contributed by atoms with Gasteiger partial charge >= 0.3 is 0 Å². The van der Waals surface area contributed by atoms with E-state index in [-0.39, 0.29) is 11.6 Å². The van der Waals surface area contributed by atoms with Gasteiger partial charge in [0.15, 0.2) is 0 Å². The van der Waals surface area contributed by atoms with E-state index in [1.54, 1.807) is 44.4 Å². The van der Waals surface area contributed by atoms with Crippen molar-refractivity contribution in [1.82, 2.24) is 18.5 Å². The standard InChI is InChI=1S/C25H22N6O4S/c1-16(2)36(34,35)30-22-14-18(8-13-21(22)28-25(30)26)24-23(17-6-4-3-5-7-17)27-15-29(24)19-9-11-20(12-10-19)31(32)33/h3-16H,1-2H3,(H2,26,28). The highest BCUT2D eigenvalue weighted by Gasteiger charge is 2.25. The van der Waals surface area contributed by atoms with E-state index in [2.05, 4.69) is 9.97 Å². The number of aromatic nitrogens is 4. The van der Waals surface area contributed by atoms with Crippen molar-refractivity contribution in [3.63, 3.8) is 0 Å². The van der Waals surface area contributed by atoms with E-state index < -0.39 is 20.2 Å². The number of rotatable bonds is 6. The summed E-state index contributed by atoms with van der Waals surface area (Å²) in [4.78, 5) is 19.6. The van der Waals surface area contributed by atoms with Gasteiger partial charge < -0.3 is 5.73 Å². The van der Waals surface area contributed by atoms with Crippen molar-refractivity contribution in [1.29, 1.82) is 0 Å². The highest BCUT2D eigenvalue weighted by Crippen LogP contribution is 2.36. The lowest BCUT2D eigenvalue weighted by Gasteiger charge is -2.13. The van der Waals surface area contributed by atoms with E-state index in [4.69, 9.17) is 5.73 Å². The number of fused-ring (bicyclic) bond motifs is 1. The van der Waals surface area contributed by atoms with Gasteiger partial charge in [-0.1, -0.05) is 36.4 Å². The van der Waals surface area contributed by atoms with Gasteiger partial charge in [0.25, 0.3) is 5.69 Å². The Kier molecular flexibility index (Phi) is 5.56. The van der Waals surface area contributed by atoms with Gasteiger partial charge in [0.2, 0.25) is 16.0 Å². The molecule has 11 heteroatoms. The highest BCUT2D eigenvalue weighted by atomic mass is 32.2. The molecule has 182 valence electrons. The third-order valence-electron chi connectivity index (χ3n) is 5.91. The zero-order valence-electron chi connectivity index (χ0n) is 19.4. The first kappa shape index (κ1) is 23.2. The Balaban J connectivity index is 1.77. The largest absolute Gasteiger partial charge is 0.368 e. The van der Waals surface area contributed by atoms with Crippen molar-refractivity contribution in [2.24, 2.45) is 0 Å². The molecule has 0 saturated heterocycles. The van der Waals surface area contributed by atoms with Crippen LogP contribution in [0, 0.1) is 10.1 Å². The average molecular weight is 503 g/mol. The van der Waals surface area contributed by atoms with Crippen molar-refractivity contribution in [2.45, 2.75) is 19.1 Å². The summed E-state index contributed by atoms with van der Waals surface area (Å²) in [6, 6.07) is 21.0. The van der Waals surface area contributed by atoms with Crippen LogP contribution in [0.1, 0.15) is 13.8 Å². The molecule has 0 aliphatic carbocycles. The van der Waals surface area contributed by atoms with Crippen LogP contribution < -0.4 is 5.73 Å². The fourth-order valence-corrected chi connectivity index (χ4v) is 5.20. The topological polar surface area (TPSA) is 139 Å². The van der Waals surface area contributed by atoms with Crippen molar-refractivity contribution in [3.8, 4) is 28.2 Å². The molecule has 2 aromatic heterocycles. The van der Waals surface area contributed by atoms with Gasteiger partial charge in [0, 0.05) is 28.9 Å². The molecule has 5 aromatic rings. The molecule has 0 radical (unpaired) electrons. The van der Waals surface area contributed by atoms with Crippen molar-refractivity contribution in [2.75, 3.05) is 5.73 Å². The van der Waals surface area contributed by atoms with Crippen LogP contribution in [0.15, 0.2) is 79.1 Å². The quantitative estimate of drug-likeness (QED) is 0.264. The summed E-state index contributed by atoms with van der Waals surface area (Å²) < 4.78 is 29.0. The smallest absolute Gasteiger partial charge is 0.269 e. The van der Waals surface area contributed by atoms with E-state index in [1.807, 2.05) is 41.0 Å². The molecule has 3 aromatic carbocycles. The number of benzene rings is 3. The normalized spacial score (nSPS) is 11.9. The molecule has 0 amide bonds. The second kappa shape index (κ2) is 8.61. The first-order chi connectivity index (χ1) is 17.2. The van der Waals surface area contributed by atoms with Crippen LogP contribution >= 0.6 is 0 Å². The Bertz CT molecular complexity index is 1710. The molecular weight excluding hydrogens is 480 g/mol. The monoisotopic (exact) mass is 502 g/mol. The summed E-state index contributed by atoms with van der Waals surface area (Å²) in [5.74, 6) is -0.108. The Morgan fingerprint density at radius 2 is 1.67 bits per heavy atom. The molecule has 5 rings (SSSR count). The van der Waals surface area contributed by atoms with Crippen LogP contribution in [0.5, 0.6) is 0 Å². The lowest BCUT2D eigenvalue weighted by atomic mass is 10.0. The van der Waals surface area contributed by atoms with Crippen LogP contribution in [-0.4, -0.2) is 37.1 Å². The number of nitrogens with two attached hydrogens (primary N) is 1. The Labute approximate surface area is 206 Å². The Morgan fingerprint density at radius 3 is 2.31 bits per heavy atom. The molecule has 0 fully saturated rings. The van der Waals surface area contributed by atoms with E-state index in [9.17, 15) is 18.5 Å². The number of nitrogen functional groups attached to an aromatic ring is 1. The molecule has 2 N–H and O–H groups in total. The Hall–Kier alpha value is -4.51. The zero-order valence-corrected chi connectivity index (χ0v) is 20.3. The predicted octanol–water partition coefficient (Wildman–Crippen LogP) is 4.63. The SMILES string of the molecule is CC(C)S(=O)(=O)n1c(N)nc2ccc(-c3c(-c4ccccc4)ncn3-c3ccc([N+](=O)[O-])cc3)cc21. The average Bonchev–Trinajstić information content (AvgIpc) is 3.45. The van der Waals surface area contributed by atoms with E-state index in [1.165, 1.54) is 12.1 Å². The molecule has 0 bridgehead atoms. The summed E-state index contributed by atoms with van der Waals surface area (Å²) >= 11 is 0. The fourth-order valence-electron chi connectivity index (χ4n) is 4.06. The second-order valence-corrected chi connectivity index (χ2v) is 10.8. The zero-order chi connectivity index (χ0) is 25.6. The van der Waals surface area contributed by atoms with Gasteiger partial charge in [-0.3, -0.25) is 14.7 Å². The van der Waals surface area contributed by atoms with Crippen LogP contribution in [0.3, 0.4) is 0 Å². The summed E-state index contributed by atoms with van der Waals surface area (Å²) in [6.45, 7) is 3.17. The minimum absolute atomic E-state index is 0.0246. The van der Waals surface area contributed by atoms with E-state index in [0.29, 0.717) is 33.7 Å². The van der Waals surface area contributed by atoms with Crippen LogP contribution in [0.25, 0.3) is 39.2 Å². The predicted molar refractivity (Wildman–Crippen MR) is 138 cm³/mol. The van der Waals surface area contributed by atoms with Gasteiger partial charge in [-0.2, -0.15) is 0 Å². The van der Waals surface area contributed by atoms with Crippen LogP contribution in [0.4, 0.5) is 11.6 Å². The molecule has 0 unspecified atom stereocenters. The van der Waals surface area contributed by atoms with E-state index in [0.717, 1.165) is 9.54 Å². The molecule has 0 atom stereocenters. The molecule has 10 nitrogen and oxygen atoms in total. The lowest BCUT2D eigenvalue weighted by Crippen LogP contribution is -2.23. The number of nitro groups is 1. The number of hydrogen-bond acceptors (Lipinski definition) is 7. The summed E-state index contributed by atoms with van der Waals surface area (Å²) in [5, 5.41) is 10.4. The number of hydrogen-bond donors (Lipinski definition) is 1. The molecule has 0 saturated carbocycles. The number of nitro benzene ring substituents is 1. The molecule has 0 spiro atoms. The maximum Gasteiger partial charge on any atom is 0.269 e. The maximum absolute atomic E-state index is 13.1. The van der Waals surface area contributed by atoms with Crippen LogP contribution in [-0.2, 0) is 10.0 Å². The molecule has 0 aliphatic heterocycles. The summed E-state index contributed by atoms with van der Waals surface area (Å²) in [5.41, 5.74) is 10.4. The minimum Gasteiger partial charge on any atom is -0.368 e. The van der Waals surface area contributed by atoms with E-state index >= 15 is 0 Å². The number of anilines is 1. The molecular formula is C25H22N6O4S. The fraction of sp³-hybridized carbons (Fsp3) is 0.120. The first-order valence-corrected chi connectivity index (χ1v) is 12.6. The first-order valence-electron chi connectivity index (χ1n) is 11.1. The highest BCUT2D eigenvalue weighted by molar-refractivity contribution is 7.90. The summed E-state index contributed by atoms with van der Waals surface area (Å²) in [7, 11) is -3.77. The van der Waals surface area contributed by atoms with Gasteiger partial charge in [0.05, 0.1) is 32.6 Å². The van der Waals surface area contributed by atoms with Gasteiger partial charge in [-0.05, 0) is 38.1 Å². The van der Waals surface area contributed by atoms with Gasteiger partial charge in [0.1, 0.15) is 6.33 Å². The second-order valence-electron chi connectivity index (χ2n) is 8.48. The van der Waals surface area contributed by atoms with Gasteiger partial charge in [-0.25, -0.2) is 22.4 Å². The Morgan fingerprint density at radius 1 is 0.972 bits per heavy atom.